The third kappa shape index (κ3) is 3.79. The lowest BCUT2D eigenvalue weighted by molar-refractivity contribution is -0.142. The summed E-state index contributed by atoms with van der Waals surface area (Å²) in [5.74, 6) is -0.110. The molecule has 3 saturated heterocycles. The molecular formula is C23H20ClFN2O4. The molecule has 0 radical (unpaired) electrons. The molecule has 2 bridgehead atoms. The van der Waals surface area contributed by atoms with Crippen molar-refractivity contribution in [1.82, 2.24) is 10.2 Å². The Hall–Kier alpha value is -2.90. The van der Waals surface area contributed by atoms with E-state index in [1.165, 1.54) is 24.3 Å². The van der Waals surface area contributed by atoms with Crippen LogP contribution in [0.25, 0.3) is 22.1 Å². The lowest BCUT2D eigenvalue weighted by Crippen LogP contribution is -2.68. The smallest absolute Gasteiger partial charge is 0.336 e. The standard InChI is InChI=1S/C23H20ClFN2O4/c1-12(23(29)27-10-14-7-15(11-27)26-14)30-16-3-5-18-19(9-22(28)31-21(18)8-16)17-4-2-13(25)6-20(17)24/h2-6,8-9,12,14-15,26H,7,10-11H2,1H3/t12-,14?,15?/m1/s1. The highest BCUT2D eigenvalue weighted by atomic mass is 35.5. The van der Waals surface area contributed by atoms with Gasteiger partial charge in [-0.15, -0.1) is 0 Å². The van der Waals surface area contributed by atoms with Gasteiger partial charge >= 0.3 is 5.63 Å². The minimum Gasteiger partial charge on any atom is -0.481 e. The second kappa shape index (κ2) is 7.66. The van der Waals surface area contributed by atoms with Crippen molar-refractivity contribution in [2.24, 2.45) is 0 Å². The van der Waals surface area contributed by atoms with Crippen LogP contribution in [0.15, 0.2) is 51.7 Å². The molecule has 1 aromatic heterocycles. The Labute approximate surface area is 182 Å². The number of benzene rings is 2. The number of rotatable bonds is 4. The number of carbonyl (C=O) groups excluding carboxylic acids is 1. The minimum absolute atomic E-state index is 0.0652. The summed E-state index contributed by atoms with van der Waals surface area (Å²) in [7, 11) is 0. The first-order chi connectivity index (χ1) is 14.9. The predicted octanol–water partition coefficient (Wildman–Crippen LogP) is 3.59. The molecule has 0 spiro atoms. The molecule has 8 heteroatoms. The van der Waals surface area contributed by atoms with Crippen LogP contribution in [0.4, 0.5) is 4.39 Å². The van der Waals surface area contributed by atoms with Crippen molar-refractivity contribution in [1.29, 1.82) is 0 Å². The van der Waals surface area contributed by atoms with Crippen molar-refractivity contribution in [2.45, 2.75) is 31.5 Å². The maximum atomic E-state index is 13.4. The summed E-state index contributed by atoms with van der Waals surface area (Å²) in [5, 5.41) is 4.22. The van der Waals surface area contributed by atoms with Gasteiger partial charge in [-0.25, -0.2) is 9.18 Å². The number of nitrogens with zero attached hydrogens (tertiary/aromatic N) is 1. The van der Waals surface area contributed by atoms with Crippen molar-refractivity contribution in [2.75, 3.05) is 13.1 Å². The van der Waals surface area contributed by atoms with E-state index in [-0.39, 0.29) is 10.9 Å². The summed E-state index contributed by atoms with van der Waals surface area (Å²) in [5.41, 5.74) is 0.787. The molecule has 3 aromatic rings. The highest BCUT2D eigenvalue weighted by molar-refractivity contribution is 6.33. The molecule has 1 N–H and O–H groups in total. The van der Waals surface area contributed by atoms with E-state index in [9.17, 15) is 14.0 Å². The van der Waals surface area contributed by atoms with Gasteiger partial charge in [-0.05, 0) is 43.7 Å². The number of nitrogens with one attached hydrogen (secondary N) is 1. The van der Waals surface area contributed by atoms with Crippen molar-refractivity contribution in [3.8, 4) is 16.9 Å². The Morgan fingerprint density at radius 3 is 2.65 bits per heavy atom. The molecule has 0 saturated carbocycles. The minimum atomic E-state index is -0.670. The molecule has 2 unspecified atom stereocenters. The number of fused-ring (bicyclic) bond motifs is 3. The van der Waals surface area contributed by atoms with Crippen LogP contribution < -0.4 is 15.7 Å². The van der Waals surface area contributed by atoms with Gasteiger partial charge in [0.05, 0.1) is 5.02 Å². The fraction of sp³-hybridized carbons (Fsp3) is 0.304. The van der Waals surface area contributed by atoms with Crippen LogP contribution in [0.3, 0.4) is 0 Å². The Balaban J connectivity index is 1.42. The van der Waals surface area contributed by atoms with Gasteiger partial charge in [-0.3, -0.25) is 4.79 Å². The summed E-state index contributed by atoms with van der Waals surface area (Å²) in [6.45, 7) is 3.10. The van der Waals surface area contributed by atoms with E-state index in [0.29, 0.717) is 53.0 Å². The van der Waals surface area contributed by atoms with Gasteiger partial charge in [0.15, 0.2) is 6.10 Å². The van der Waals surface area contributed by atoms with Crippen LogP contribution in [0.1, 0.15) is 13.3 Å². The summed E-state index contributed by atoms with van der Waals surface area (Å²) in [4.78, 5) is 26.7. The SMILES string of the molecule is C[C@@H](Oc1ccc2c(-c3ccc(F)cc3Cl)cc(=O)oc2c1)C(=O)N1CC2CC(C1)N2. The van der Waals surface area contributed by atoms with Crippen LogP contribution in [0.2, 0.25) is 5.02 Å². The second-order valence-corrected chi connectivity index (χ2v) is 8.47. The first kappa shape index (κ1) is 20.0. The van der Waals surface area contributed by atoms with Gasteiger partial charge in [0.1, 0.15) is 17.1 Å². The van der Waals surface area contributed by atoms with Gasteiger partial charge in [0.25, 0.3) is 5.91 Å². The maximum Gasteiger partial charge on any atom is 0.336 e. The maximum absolute atomic E-state index is 13.4. The molecule has 31 heavy (non-hydrogen) atoms. The molecule has 6 nitrogen and oxygen atoms in total. The highest BCUT2D eigenvalue weighted by Crippen LogP contribution is 2.34. The number of hydrogen-bond acceptors (Lipinski definition) is 5. The lowest BCUT2D eigenvalue weighted by atomic mass is 9.91. The van der Waals surface area contributed by atoms with E-state index in [0.717, 1.165) is 6.42 Å². The van der Waals surface area contributed by atoms with E-state index in [1.54, 1.807) is 25.1 Å². The van der Waals surface area contributed by atoms with Crippen molar-refractivity contribution in [3.05, 3.63) is 63.7 Å². The Kier molecular flexibility index (Phi) is 4.95. The molecule has 6 rings (SSSR count). The molecule has 1 amide bonds. The molecule has 3 aliphatic rings. The fourth-order valence-corrected chi connectivity index (χ4v) is 4.62. The van der Waals surface area contributed by atoms with Crippen molar-refractivity contribution in [3.63, 3.8) is 0 Å². The molecule has 160 valence electrons. The monoisotopic (exact) mass is 442 g/mol. The first-order valence-corrected chi connectivity index (χ1v) is 10.5. The van der Waals surface area contributed by atoms with Crippen molar-refractivity contribution < 1.29 is 18.3 Å². The Morgan fingerprint density at radius 1 is 1.19 bits per heavy atom. The molecule has 3 atom stereocenters. The molecule has 3 aliphatic heterocycles. The summed E-state index contributed by atoms with van der Waals surface area (Å²) in [6.07, 6.45) is 0.444. The fourth-order valence-electron chi connectivity index (χ4n) is 4.35. The molecule has 2 aromatic carbocycles. The van der Waals surface area contributed by atoms with Crippen LogP contribution in [-0.2, 0) is 4.79 Å². The van der Waals surface area contributed by atoms with E-state index in [4.69, 9.17) is 20.8 Å². The topological polar surface area (TPSA) is 71.8 Å². The summed E-state index contributed by atoms with van der Waals surface area (Å²) < 4.78 is 24.7. The summed E-state index contributed by atoms with van der Waals surface area (Å²) in [6, 6.07) is 11.1. The first-order valence-electron chi connectivity index (χ1n) is 10.1. The van der Waals surface area contributed by atoms with Crippen LogP contribution >= 0.6 is 11.6 Å². The van der Waals surface area contributed by atoms with E-state index in [2.05, 4.69) is 5.32 Å². The van der Waals surface area contributed by atoms with Crippen LogP contribution in [0, 0.1) is 5.82 Å². The summed E-state index contributed by atoms with van der Waals surface area (Å²) >= 11 is 6.19. The molecule has 3 fully saturated rings. The zero-order valence-corrected chi connectivity index (χ0v) is 17.5. The third-order valence-corrected chi connectivity index (χ3v) is 6.14. The average Bonchev–Trinajstić information content (AvgIpc) is 2.72. The van der Waals surface area contributed by atoms with Crippen molar-refractivity contribution >= 4 is 28.5 Å². The quantitative estimate of drug-likeness (QED) is 0.625. The van der Waals surface area contributed by atoms with Gasteiger partial charge in [-0.1, -0.05) is 11.6 Å². The largest absolute Gasteiger partial charge is 0.481 e. The Bertz CT molecular complexity index is 1230. The van der Waals surface area contributed by atoms with E-state index < -0.39 is 17.5 Å². The number of ether oxygens (including phenoxy) is 1. The van der Waals surface area contributed by atoms with E-state index in [1.807, 2.05) is 4.90 Å². The normalized spacial score (nSPS) is 20.9. The zero-order valence-electron chi connectivity index (χ0n) is 16.7. The van der Waals surface area contributed by atoms with Gasteiger partial charge in [-0.2, -0.15) is 0 Å². The van der Waals surface area contributed by atoms with E-state index >= 15 is 0 Å². The number of halogens is 2. The second-order valence-electron chi connectivity index (χ2n) is 8.06. The number of piperazine rings is 1. The lowest BCUT2D eigenvalue weighted by Gasteiger charge is -2.48. The highest BCUT2D eigenvalue weighted by Gasteiger charge is 2.39. The van der Waals surface area contributed by atoms with Gasteiger partial charge in [0, 0.05) is 53.8 Å². The Morgan fingerprint density at radius 2 is 1.94 bits per heavy atom. The van der Waals surface area contributed by atoms with Gasteiger partial charge < -0.3 is 19.4 Å². The average molecular weight is 443 g/mol. The molecule has 0 aliphatic carbocycles. The number of hydrogen-bond donors (Lipinski definition) is 1. The zero-order chi connectivity index (χ0) is 21.7. The molecule has 4 heterocycles. The third-order valence-electron chi connectivity index (χ3n) is 5.83. The van der Waals surface area contributed by atoms with Gasteiger partial charge in [0.2, 0.25) is 0 Å². The van der Waals surface area contributed by atoms with Crippen LogP contribution in [0.5, 0.6) is 5.75 Å². The molecular weight excluding hydrogens is 423 g/mol. The number of carbonyl (C=O) groups is 1. The predicted molar refractivity (Wildman–Crippen MR) is 115 cm³/mol. The van der Waals surface area contributed by atoms with Crippen LogP contribution in [-0.4, -0.2) is 42.1 Å². The number of piperidine rings is 1. The number of amides is 1.